The molecule has 0 spiro atoms. The Kier molecular flexibility index (Phi) is 6.70. The summed E-state index contributed by atoms with van der Waals surface area (Å²) in [6, 6.07) is 14.8. The zero-order chi connectivity index (χ0) is 21.8. The highest BCUT2D eigenvalue weighted by molar-refractivity contribution is 7.92. The summed E-state index contributed by atoms with van der Waals surface area (Å²) >= 11 is 0. The summed E-state index contributed by atoms with van der Waals surface area (Å²) in [5.74, 6) is -0.652. The van der Waals surface area contributed by atoms with Gasteiger partial charge in [0.25, 0.3) is 0 Å². The highest BCUT2D eigenvalue weighted by Crippen LogP contribution is 2.24. The smallest absolute Gasteiger partial charge is 0.229 e. The summed E-state index contributed by atoms with van der Waals surface area (Å²) in [7, 11) is -3.49. The van der Waals surface area contributed by atoms with Gasteiger partial charge in [0.15, 0.2) is 0 Å². The van der Waals surface area contributed by atoms with Crippen LogP contribution < -0.4 is 10.0 Å². The normalized spacial score (nSPS) is 12.7. The van der Waals surface area contributed by atoms with Crippen LogP contribution in [0.25, 0.3) is 0 Å². The van der Waals surface area contributed by atoms with Crippen LogP contribution in [0.4, 0.5) is 5.69 Å². The van der Waals surface area contributed by atoms with Crippen molar-refractivity contribution in [3.05, 3.63) is 64.7 Å². The van der Waals surface area contributed by atoms with E-state index in [0.717, 1.165) is 11.8 Å². The van der Waals surface area contributed by atoms with E-state index in [-0.39, 0.29) is 22.6 Å². The molecule has 0 aliphatic carbocycles. The number of sulfonamides is 1. The molecule has 154 valence electrons. The summed E-state index contributed by atoms with van der Waals surface area (Å²) < 4.78 is 25.1. The monoisotopic (exact) mass is 413 g/mol. The van der Waals surface area contributed by atoms with Crippen molar-refractivity contribution in [2.45, 2.75) is 45.6 Å². The highest BCUT2D eigenvalue weighted by atomic mass is 32.2. The molecule has 7 heteroatoms. The lowest BCUT2D eigenvalue weighted by atomic mass is 9.87. The molecule has 29 heavy (non-hydrogen) atoms. The zero-order valence-electron chi connectivity index (χ0n) is 17.4. The van der Waals surface area contributed by atoms with E-state index in [0.29, 0.717) is 12.1 Å². The second kappa shape index (κ2) is 8.66. The van der Waals surface area contributed by atoms with Crippen LogP contribution in [0.5, 0.6) is 0 Å². The first-order valence-electron chi connectivity index (χ1n) is 9.29. The van der Waals surface area contributed by atoms with Crippen LogP contribution in [-0.4, -0.2) is 20.6 Å². The van der Waals surface area contributed by atoms with Gasteiger partial charge in [0, 0.05) is 6.54 Å². The number of hydrogen-bond acceptors (Lipinski definition) is 4. The minimum absolute atomic E-state index is 0.0763. The van der Waals surface area contributed by atoms with Crippen LogP contribution in [0, 0.1) is 11.3 Å². The average Bonchev–Trinajstić information content (AvgIpc) is 2.64. The standard InChI is InChI=1S/C22H27N3O3S/c1-15(17-8-11-20(18(12-17)13-23)25-29(5,27)28)21(26)24-14-16-6-9-19(10-7-16)22(2,3)4/h6-12,15,25H,14H2,1-5H3,(H,24,26). The van der Waals surface area contributed by atoms with Crippen molar-refractivity contribution in [3.63, 3.8) is 0 Å². The second-order valence-corrected chi connectivity index (χ2v) is 9.93. The van der Waals surface area contributed by atoms with Crippen molar-refractivity contribution in [2.24, 2.45) is 0 Å². The van der Waals surface area contributed by atoms with Crippen LogP contribution in [-0.2, 0) is 26.8 Å². The van der Waals surface area contributed by atoms with Gasteiger partial charge in [-0.1, -0.05) is 51.1 Å². The lowest BCUT2D eigenvalue weighted by molar-refractivity contribution is -0.122. The Morgan fingerprint density at radius 2 is 1.76 bits per heavy atom. The van der Waals surface area contributed by atoms with Gasteiger partial charge in [-0.15, -0.1) is 0 Å². The molecular weight excluding hydrogens is 386 g/mol. The first-order chi connectivity index (χ1) is 13.4. The van der Waals surface area contributed by atoms with Gasteiger partial charge >= 0.3 is 0 Å². The molecule has 0 radical (unpaired) electrons. The van der Waals surface area contributed by atoms with E-state index in [1.165, 1.54) is 17.7 Å². The van der Waals surface area contributed by atoms with Crippen molar-refractivity contribution in [1.82, 2.24) is 5.32 Å². The molecule has 1 atom stereocenters. The predicted molar refractivity (Wildman–Crippen MR) is 115 cm³/mol. The van der Waals surface area contributed by atoms with Crippen LogP contribution in [0.15, 0.2) is 42.5 Å². The van der Waals surface area contributed by atoms with Crippen LogP contribution in [0.1, 0.15) is 55.9 Å². The number of nitrogens with zero attached hydrogens (tertiary/aromatic N) is 1. The number of carbonyl (C=O) groups excluding carboxylic acids is 1. The molecule has 0 saturated heterocycles. The SMILES string of the molecule is CC(C(=O)NCc1ccc(C(C)(C)C)cc1)c1ccc(NS(C)(=O)=O)c(C#N)c1. The van der Waals surface area contributed by atoms with Gasteiger partial charge in [0.05, 0.1) is 23.4 Å². The molecule has 0 saturated carbocycles. The van der Waals surface area contributed by atoms with Crippen molar-refractivity contribution >= 4 is 21.6 Å². The Balaban J connectivity index is 2.07. The highest BCUT2D eigenvalue weighted by Gasteiger charge is 2.18. The third-order valence-electron chi connectivity index (χ3n) is 4.64. The lowest BCUT2D eigenvalue weighted by Crippen LogP contribution is -2.27. The summed E-state index contributed by atoms with van der Waals surface area (Å²) in [5.41, 5.74) is 3.32. The first-order valence-corrected chi connectivity index (χ1v) is 11.2. The molecule has 0 aliphatic rings. The van der Waals surface area contributed by atoms with Crippen LogP contribution >= 0.6 is 0 Å². The molecule has 0 aliphatic heterocycles. The van der Waals surface area contributed by atoms with E-state index in [4.69, 9.17) is 0 Å². The number of amides is 1. The third kappa shape index (κ3) is 6.33. The molecule has 0 fully saturated rings. The Bertz CT molecular complexity index is 1030. The summed E-state index contributed by atoms with van der Waals surface area (Å²) in [4.78, 5) is 12.6. The maximum absolute atomic E-state index is 12.6. The first kappa shape index (κ1) is 22.4. The zero-order valence-corrected chi connectivity index (χ0v) is 18.2. The fraction of sp³-hybridized carbons (Fsp3) is 0.364. The van der Waals surface area contributed by atoms with Gasteiger partial charge in [0.1, 0.15) is 6.07 Å². The maximum Gasteiger partial charge on any atom is 0.229 e. The van der Waals surface area contributed by atoms with E-state index in [9.17, 15) is 18.5 Å². The number of nitriles is 1. The fourth-order valence-electron chi connectivity index (χ4n) is 2.83. The number of carbonyl (C=O) groups is 1. The predicted octanol–water partition coefficient (Wildman–Crippen LogP) is 3.65. The number of rotatable bonds is 6. The van der Waals surface area contributed by atoms with E-state index in [1.807, 2.05) is 18.2 Å². The topological polar surface area (TPSA) is 99.1 Å². The summed E-state index contributed by atoms with van der Waals surface area (Å²) in [6.07, 6.45) is 1.02. The molecule has 1 amide bonds. The van der Waals surface area contributed by atoms with Crippen molar-refractivity contribution in [2.75, 3.05) is 11.0 Å². The second-order valence-electron chi connectivity index (χ2n) is 8.18. The molecule has 6 nitrogen and oxygen atoms in total. The summed E-state index contributed by atoms with van der Waals surface area (Å²) in [5, 5.41) is 12.2. The third-order valence-corrected chi connectivity index (χ3v) is 5.23. The molecular formula is C22H27N3O3S. The molecule has 2 aromatic rings. The minimum atomic E-state index is -3.49. The van der Waals surface area contributed by atoms with Gasteiger partial charge in [-0.2, -0.15) is 5.26 Å². The molecule has 0 bridgehead atoms. The number of hydrogen-bond donors (Lipinski definition) is 2. The van der Waals surface area contributed by atoms with Crippen LogP contribution in [0.3, 0.4) is 0 Å². The molecule has 2 rings (SSSR count). The summed E-state index contributed by atoms with van der Waals surface area (Å²) in [6.45, 7) is 8.61. The molecule has 2 aromatic carbocycles. The average molecular weight is 414 g/mol. The minimum Gasteiger partial charge on any atom is -0.352 e. The van der Waals surface area contributed by atoms with E-state index in [1.54, 1.807) is 13.0 Å². The maximum atomic E-state index is 12.6. The van der Waals surface area contributed by atoms with E-state index >= 15 is 0 Å². The van der Waals surface area contributed by atoms with Gasteiger partial charge in [-0.05, 0) is 41.2 Å². The Morgan fingerprint density at radius 1 is 1.14 bits per heavy atom. The quantitative estimate of drug-likeness (QED) is 0.755. The van der Waals surface area contributed by atoms with Gasteiger partial charge in [-0.25, -0.2) is 8.42 Å². The van der Waals surface area contributed by atoms with E-state index < -0.39 is 15.9 Å². The van der Waals surface area contributed by atoms with Crippen LogP contribution in [0.2, 0.25) is 0 Å². The van der Waals surface area contributed by atoms with Gasteiger partial charge in [-0.3, -0.25) is 9.52 Å². The largest absolute Gasteiger partial charge is 0.352 e. The van der Waals surface area contributed by atoms with Crippen molar-refractivity contribution < 1.29 is 13.2 Å². The number of benzene rings is 2. The van der Waals surface area contributed by atoms with E-state index in [2.05, 4.69) is 42.9 Å². The Labute approximate surface area is 173 Å². The molecule has 0 heterocycles. The number of anilines is 1. The van der Waals surface area contributed by atoms with Gasteiger partial charge in [0.2, 0.25) is 15.9 Å². The molecule has 1 unspecified atom stereocenters. The molecule has 0 aromatic heterocycles. The number of nitrogens with one attached hydrogen (secondary N) is 2. The molecule has 2 N–H and O–H groups in total. The van der Waals surface area contributed by atoms with Crippen molar-refractivity contribution in [3.8, 4) is 6.07 Å². The van der Waals surface area contributed by atoms with Gasteiger partial charge < -0.3 is 5.32 Å². The fourth-order valence-corrected chi connectivity index (χ4v) is 3.41. The Morgan fingerprint density at radius 3 is 2.28 bits per heavy atom. The Hall–Kier alpha value is -2.85. The van der Waals surface area contributed by atoms with Crippen molar-refractivity contribution in [1.29, 1.82) is 5.26 Å². The lowest BCUT2D eigenvalue weighted by Gasteiger charge is -2.19.